The first kappa shape index (κ1) is 22.9. The Bertz CT molecular complexity index is 1080. The highest BCUT2D eigenvalue weighted by Crippen LogP contribution is 2.25. The maximum Gasteiger partial charge on any atom is 0.255 e. The zero-order chi connectivity index (χ0) is 23.0. The van der Waals surface area contributed by atoms with Gasteiger partial charge < -0.3 is 10.6 Å². The van der Waals surface area contributed by atoms with Crippen molar-refractivity contribution in [1.29, 1.82) is 0 Å². The lowest BCUT2D eigenvalue weighted by atomic mass is 9.89. The number of benzene rings is 2. The summed E-state index contributed by atoms with van der Waals surface area (Å²) >= 11 is 0. The third-order valence-electron chi connectivity index (χ3n) is 6.22. The molecule has 1 aromatic heterocycles. The number of nitrogens with one attached hydrogen (secondary N) is 2. The van der Waals surface area contributed by atoms with Crippen molar-refractivity contribution >= 4 is 11.9 Å². The van der Waals surface area contributed by atoms with Crippen LogP contribution in [-0.4, -0.2) is 29.0 Å². The van der Waals surface area contributed by atoms with Crippen LogP contribution < -0.4 is 10.6 Å². The van der Waals surface area contributed by atoms with Gasteiger partial charge in [0.15, 0.2) is 0 Å². The van der Waals surface area contributed by atoms with E-state index in [1.807, 2.05) is 37.3 Å². The van der Waals surface area contributed by atoms with Gasteiger partial charge in [-0.2, -0.15) is 0 Å². The van der Waals surface area contributed by atoms with Crippen LogP contribution in [0.15, 0.2) is 54.7 Å². The molecule has 1 aliphatic rings. The van der Waals surface area contributed by atoms with Crippen molar-refractivity contribution in [2.45, 2.75) is 45.4 Å². The van der Waals surface area contributed by atoms with Gasteiger partial charge in [0, 0.05) is 24.8 Å². The van der Waals surface area contributed by atoms with Crippen molar-refractivity contribution in [3.05, 3.63) is 77.2 Å². The Kier molecular flexibility index (Phi) is 7.66. The molecule has 0 radical (unpaired) electrons. The number of hydrogen-bond acceptors (Lipinski definition) is 4. The van der Waals surface area contributed by atoms with Crippen LogP contribution in [0.25, 0.3) is 11.3 Å². The minimum absolute atomic E-state index is 0.235. The van der Waals surface area contributed by atoms with E-state index in [1.54, 1.807) is 12.3 Å². The summed E-state index contributed by atoms with van der Waals surface area (Å²) in [5, 5.41) is 6.31. The Morgan fingerprint density at radius 3 is 2.64 bits per heavy atom. The summed E-state index contributed by atoms with van der Waals surface area (Å²) in [7, 11) is 0. The number of hydrogen-bond donors (Lipinski definition) is 2. The molecule has 4 rings (SSSR count). The van der Waals surface area contributed by atoms with E-state index in [4.69, 9.17) is 4.98 Å². The second-order valence-electron chi connectivity index (χ2n) is 8.84. The highest BCUT2D eigenvalue weighted by atomic mass is 19.1. The molecule has 1 aliphatic carbocycles. The first-order valence-corrected chi connectivity index (χ1v) is 11.8. The minimum atomic E-state index is -0.273. The number of aromatic nitrogens is 2. The monoisotopic (exact) mass is 446 g/mol. The van der Waals surface area contributed by atoms with E-state index in [0.29, 0.717) is 36.1 Å². The van der Waals surface area contributed by atoms with Crippen molar-refractivity contribution in [1.82, 2.24) is 15.3 Å². The summed E-state index contributed by atoms with van der Waals surface area (Å²) in [6.45, 7) is 3.28. The second kappa shape index (κ2) is 11.0. The van der Waals surface area contributed by atoms with Crippen LogP contribution >= 0.6 is 0 Å². The number of carbonyl (C=O) groups is 1. The third-order valence-corrected chi connectivity index (χ3v) is 6.22. The molecule has 0 unspecified atom stereocenters. The van der Waals surface area contributed by atoms with Crippen molar-refractivity contribution in [3.8, 4) is 11.3 Å². The van der Waals surface area contributed by atoms with Crippen LogP contribution in [0.4, 0.5) is 10.3 Å². The fourth-order valence-corrected chi connectivity index (χ4v) is 4.30. The smallest absolute Gasteiger partial charge is 0.255 e. The highest BCUT2D eigenvalue weighted by Gasteiger charge is 2.18. The number of nitrogens with zero attached hydrogens (tertiary/aromatic N) is 2. The van der Waals surface area contributed by atoms with E-state index < -0.39 is 0 Å². The van der Waals surface area contributed by atoms with E-state index in [0.717, 1.165) is 23.2 Å². The van der Waals surface area contributed by atoms with Crippen LogP contribution in [0.2, 0.25) is 0 Å². The summed E-state index contributed by atoms with van der Waals surface area (Å²) in [6, 6.07) is 14.4. The molecule has 1 heterocycles. The molecular weight excluding hydrogens is 415 g/mol. The normalized spacial score (nSPS) is 14.1. The maximum atomic E-state index is 13.4. The van der Waals surface area contributed by atoms with Gasteiger partial charge in [0.25, 0.3) is 5.91 Å². The van der Waals surface area contributed by atoms with Gasteiger partial charge in [-0.3, -0.25) is 4.79 Å². The molecule has 3 aromatic rings. The third kappa shape index (κ3) is 6.37. The van der Waals surface area contributed by atoms with Crippen molar-refractivity contribution in [2.24, 2.45) is 5.92 Å². The molecule has 2 N–H and O–H groups in total. The van der Waals surface area contributed by atoms with Gasteiger partial charge in [0.2, 0.25) is 5.95 Å². The quantitative estimate of drug-likeness (QED) is 0.476. The van der Waals surface area contributed by atoms with Crippen LogP contribution in [0.1, 0.15) is 53.6 Å². The van der Waals surface area contributed by atoms with Crippen LogP contribution in [0.5, 0.6) is 0 Å². The van der Waals surface area contributed by atoms with Gasteiger partial charge in [0.05, 0.1) is 11.3 Å². The van der Waals surface area contributed by atoms with E-state index in [1.165, 1.54) is 44.2 Å². The lowest BCUT2D eigenvalue weighted by molar-refractivity contribution is 0.0954. The Labute approximate surface area is 194 Å². The predicted molar refractivity (Wildman–Crippen MR) is 130 cm³/mol. The van der Waals surface area contributed by atoms with Gasteiger partial charge in [-0.05, 0) is 49.8 Å². The van der Waals surface area contributed by atoms with Gasteiger partial charge in [-0.25, -0.2) is 14.4 Å². The van der Waals surface area contributed by atoms with Crippen LogP contribution in [-0.2, 0) is 6.42 Å². The molecule has 0 bridgehead atoms. The number of amides is 1. The second-order valence-corrected chi connectivity index (χ2v) is 8.84. The van der Waals surface area contributed by atoms with Crippen molar-refractivity contribution < 1.29 is 9.18 Å². The number of halogens is 1. The molecule has 6 heteroatoms. The summed E-state index contributed by atoms with van der Waals surface area (Å²) in [5.74, 6) is 0.689. The van der Waals surface area contributed by atoms with Crippen molar-refractivity contribution in [2.75, 3.05) is 18.4 Å². The van der Waals surface area contributed by atoms with E-state index in [9.17, 15) is 9.18 Å². The zero-order valence-corrected chi connectivity index (χ0v) is 19.1. The maximum absolute atomic E-state index is 13.4. The molecule has 0 saturated heterocycles. The molecule has 0 atom stereocenters. The standard InChI is InChI=1S/C27H31FN4O/c1-19-10-12-22(13-11-19)25-24(26(33)29-15-14-20-8-5-9-23(28)16-20)18-31-27(32-25)30-17-21-6-3-2-4-7-21/h5,8-13,16,18,21H,2-4,6-7,14-15,17H2,1H3,(H,29,33)(H,30,31,32). The molecular formula is C27H31FN4O. The van der Waals surface area contributed by atoms with E-state index in [2.05, 4.69) is 15.6 Å². The molecule has 2 aromatic carbocycles. The van der Waals surface area contributed by atoms with Crippen LogP contribution in [0.3, 0.4) is 0 Å². The molecule has 1 amide bonds. The molecule has 0 spiro atoms. The highest BCUT2D eigenvalue weighted by molar-refractivity contribution is 5.99. The zero-order valence-electron chi connectivity index (χ0n) is 19.1. The lowest BCUT2D eigenvalue weighted by Gasteiger charge is -2.22. The first-order chi connectivity index (χ1) is 16.1. The van der Waals surface area contributed by atoms with Crippen molar-refractivity contribution in [3.63, 3.8) is 0 Å². The first-order valence-electron chi connectivity index (χ1n) is 11.8. The Hall–Kier alpha value is -3.28. The molecule has 1 saturated carbocycles. The summed E-state index contributed by atoms with van der Waals surface area (Å²) in [5.41, 5.74) is 3.90. The van der Waals surface area contributed by atoms with Gasteiger partial charge in [0.1, 0.15) is 5.82 Å². The van der Waals surface area contributed by atoms with Gasteiger partial charge in [-0.1, -0.05) is 61.2 Å². The van der Waals surface area contributed by atoms with Gasteiger partial charge >= 0.3 is 0 Å². The largest absolute Gasteiger partial charge is 0.354 e. The topological polar surface area (TPSA) is 66.9 Å². The van der Waals surface area contributed by atoms with E-state index in [-0.39, 0.29) is 11.7 Å². The van der Waals surface area contributed by atoms with Crippen LogP contribution in [0, 0.1) is 18.7 Å². The number of carbonyl (C=O) groups excluding carboxylic acids is 1. The molecule has 172 valence electrons. The molecule has 33 heavy (non-hydrogen) atoms. The Balaban J connectivity index is 1.48. The number of aryl methyl sites for hydroxylation is 1. The average molecular weight is 447 g/mol. The Morgan fingerprint density at radius 1 is 1.09 bits per heavy atom. The molecule has 1 fully saturated rings. The van der Waals surface area contributed by atoms with E-state index >= 15 is 0 Å². The fourth-order valence-electron chi connectivity index (χ4n) is 4.30. The van der Waals surface area contributed by atoms with Gasteiger partial charge in [-0.15, -0.1) is 0 Å². The minimum Gasteiger partial charge on any atom is -0.354 e. The molecule has 0 aliphatic heterocycles. The lowest BCUT2D eigenvalue weighted by Crippen LogP contribution is -2.27. The summed E-state index contributed by atoms with van der Waals surface area (Å²) in [6.07, 6.45) is 8.53. The average Bonchev–Trinajstić information content (AvgIpc) is 2.84. The molecule has 5 nitrogen and oxygen atoms in total. The summed E-state index contributed by atoms with van der Waals surface area (Å²) in [4.78, 5) is 22.2. The SMILES string of the molecule is Cc1ccc(-c2nc(NCC3CCCCC3)ncc2C(=O)NCCc2cccc(F)c2)cc1. The fraction of sp³-hybridized carbons (Fsp3) is 0.370. The number of rotatable bonds is 8. The summed E-state index contributed by atoms with van der Waals surface area (Å²) < 4.78 is 13.4. The predicted octanol–water partition coefficient (Wildman–Crippen LogP) is 5.56. The Morgan fingerprint density at radius 2 is 1.88 bits per heavy atom. The number of anilines is 1.